The summed E-state index contributed by atoms with van der Waals surface area (Å²) in [7, 11) is -1.77. The first-order valence-corrected chi connectivity index (χ1v) is 11.6. The largest absolute Gasteiger partial charge is 0.411 e. The summed E-state index contributed by atoms with van der Waals surface area (Å²) in [6, 6.07) is 0. The van der Waals surface area contributed by atoms with E-state index in [1.165, 1.54) is 6.20 Å². The van der Waals surface area contributed by atoms with Crippen LogP contribution >= 0.6 is 0 Å². The molecular weight excluding hydrogens is 336 g/mol. The smallest absolute Gasteiger partial charge is 0.255 e. The molecule has 0 spiro atoms. The van der Waals surface area contributed by atoms with Crippen LogP contribution in [0.2, 0.25) is 18.1 Å². The second kappa shape index (κ2) is 7.49. The summed E-state index contributed by atoms with van der Waals surface area (Å²) in [4.78, 5) is 22.2. The van der Waals surface area contributed by atoms with E-state index in [1.54, 1.807) is 6.20 Å². The van der Waals surface area contributed by atoms with E-state index < -0.39 is 20.3 Å². The second-order valence-corrected chi connectivity index (χ2v) is 13.0. The number of hydrogen-bond acceptors (Lipinski definition) is 6. The van der Waals surface area contributed by atoms with Gasteiger partial charge in [-0.05, 0) is 25.1 Å². The van der Waals surface area contributed by atoms with Crippen LogP contribution in [0, 0.1) is 6.92 Å². The highest BCUT2D eigenvalue weighted by atomic mass is 28.4. The van der Waals surface area contributed by atoms with Gasteiger partial charge in [-0.15, -0.1) is 0 Å². The standard InChI is InChI=1S/C17H30N4O3Si/c1-12-7-19-15(8-18-12)20-16(23)14(22)11-21-9-13(10-21)24-25(5,6)17(2,3)4/h7-8,13-14,22H,9-11H2,1-6H3,(H,19,20,23)/t14-/m0/s1. The van der Waals surface area contributed by atoms with E-state index in [2.05, 4.69) is 49.1 Å². The van der Waals surface area contributed by atoms with Crippen LogP contribution in [0.1, 0.15) is 26.5 Å². The van der Waals surface area contributed by atoms with Gasteiger partial charge in [0, 0.05) is 19.6 Å². The van der Waals surface area contributed by atoms with Crippen molar-refractivity contribution in [3.8, 4) is 0 Å². The number of likely N-dealkylation sites (tertiary alicyclic amines) is 1. The fourth-order valence-corrected chi connectivity index (χ4v) is 3.67. The molecule has 25 heavy (non-hydrogen) atoms. The third kappa shape index (κ3) is 5.31. The van der Waals surface area contributed by atoms with Gasteiger partial charge in [-0.1, -0.05) is 20.8 Å². The summed E-state index contributed by atoms with van der Waals surface area (Å²) in [6.45, 7) is 14.7. The average Bonchev–Trinajstić information content (AvgIpc) is 2.45. The fraction of sp³-hybridized carbons (Fsp3) is 0.706. The lowest BCUT2D eigenvalue weighted by molar-refractivity contribution is -0.126. The molecule has 0 aliphatic carbocycles. The van der Waals surface area contributed by atoms with Gasteiger partial charge in [-0.2, -0.15) is 0 Å². The maximum absolute atomic E-state index is 12.0. The molecule has 2 rings (SSSR count). The monoisotopic (exact) mass is 366 g/mol. The Labute approximate surface area is 150 Å². The van der Waals surface area contributed by atoms with Gasteiger partial charge >= 0.3 is 0 Å². The molecule has 7 nitrogen and oxygen atoms in total. The number of carbonyl (C=O) groups excluding carboxylic acids is 1. The van der Waals surface area contributed by atoms with E-state index in [0.29, 0.717) is 12.4 Å². The Morgan fingerprint density at radius 2 is 2.04 bits per heavy atom. The molecule has 1 amide bonds. The Bertz CT molecular complexity index is 595. The number of amides is 1. The SMILES string of the molecule is Cc1cnc(NC(=O)[C@@H](O)CN2CC(O[Si](C)(C)C(C)(C)C)C2)cn1. The van der Waals surface area contributed by atoms with Crippen LogP contribution in [0.25, 0.3) is 0 Å². The molecule has 0 bridgehead atoms. The van der Waals surface area contributed by atoms with Gasteiger partial charge in [0.1, 0.15) is 6.10 Å². The van der Waals surface area contributed by atoms with Crippen LogP contribution in [0.4, 0.5) is 5.82 Å². The van der Waals surface area contributed by atoms with Gasteiger partial charge in [0.15, 0.2) is 14.1 Å². The Balaban J connectivity index is 1.75. The molecule has 1 aliphatic heterocycles. The lowest BCUT2D eigenvalue weighted by Crippen LogP contribution is -2.59. The predicted molar refractivity (Wildman–Crippen MR) is 99.9 cm³/mol. The van der Waals surface area contributed by atoms with E-state index in [4.69, 9.17) is 4.43 Å². The predicted octanol–water partition coefficient (Wildman–Crippen LogP) is 1.79. The van der Waals surface area contributed by atoms with Crippen molar-refractivity contribution in [3.63, 3.8) is 0 Å². The number of rotatable bonds is 6. The molecule has 1 fully saturated rings. The van der Waals surface area contributed by atoms with Crippen molar-refractivity contribution < 1.29 is 14.3 Å². The molecule has 0 aromatic carbocycles. The first-order chi connectivity index (χ1) is 11.5. The molecular formula is C17H30N4O3Si. The van der Waals surface area contributed by atoms with Gasteiger partial charge in [-0.25, -0.2) is 4.98 Å². The third-order valence-corrected chi connectivity index (χ3v) is 9.49. The molecule has 8 heteroatoms. The number of hydrogen-bond donors (Lipinski definition) is 2. The summed E-state index contributed by atoms with van der Waals surface area (Å²) in [5.74, 6) is -0.121. The second-order valence-electron chi connectivity index (χ2n) is 8.27. The molecule has 1 atom stereocenters. The van der Waals surface area contributed by atoms with E-state index in [9.17, 15) is 9.90 Å². The summed E-state index contributed by atoms with van der Waals surface area (Å²) in [5.41, 5.74) is 0.770. The fourth-order valence-electron chi connectivity index (χ4n) is 2.33. The van der Waals surface area contributed by atoms with E-state index in [1.807, 2.05) is 11.8 Å². The minimum absolute atomic E-state index is 0.182. The molecule has 1 aromatic heterocycles. The number of nitrogens with one attached hydrogen (secondary N) is 1. The van der Waals surface area contributed by atoms with Crippen LogP contribution in [0.3, 0.4) is 0 Å². The molecule has 2 heterocycles. The van der Waals surface area contributed by atoms with Crippen molar-refractivity contribution in [1.82, 2.24) is 14.9 Å². The number of nitrogens with zero attached hydrogens (tertiary/aromatic N) is 3. The van der Waals surface area contributed by atoms with Crippen LogP contribution in [-0.4, -0.2) is 66.0 Å². The van der Waals surface area contributed by atoms with Gasteiger partial charge in [0.2, 0.25) is 0 Å². The van der Waals surface area contributed by atoms with Crippen molar-refractivity contribution in [2.75, 3.05) is 25.0 Å². The maximum atomic E-state index is 12.0. The van der Waals surface area contributed by atoms with Crippen LogP contribution in [-0.2, 0) is 9.22 Å². The molecule has 1 aliphatic rings. The molecule has 0 unspecified atom stereocenters. The number of aliphatic hydroxyl groups excluding tert-OH is 1. The highest BCUT2D eigenvalue weighted by Gasteiger charge is 2.42. The topological polar surface area (TPSA) is 87.6 Å². The highest BCUT2D eigenvalue weighted by Crippen LogP contribution is 2.38. The lowest BCUT2D eigenvalue weighted by Gasteiger charge is -2.46. The van der Waals surface area contributed by atoms with E-state index >= 15 is 0 Å². The normalized spacial score (nSPS) is 17.9. The van der Waals surface area contributed by atoms with E-state index in [0.717, 1.165) is 18.8 Å². The zero-order chi connectivity index (χ0) is 18.8. The minimum atomic E-state index is -1.77. The van der Waals surface area contributed by atoms with Gasteiger partial charge < -0.3 is 14.8 Å². The lowest BCUT2D eigenvalue weighted by atomic mass is 10.1. The highest BCUT2D eigenvalue weighted by molar-refractivity contribution is 6.74. The summed E-state index contributed by atoms with van der Waals surface area (Å²) < 4.78 is 6.31. The third-order valence-electron chi connectivity index (χ3n) is 4.96. The van der Waals surface area contributed by atoms with E-state index in [-0.39, 0.29) is 11.1 Å². The van der Waals surface area contributed by atoms with Gasteiger partial charge in [0.05, 0.1) is 24.2 Å². The van der Waals surface area contributed by atoms with Crippen molar-refractivity contribution >= 4 is 20.0 Å². The van der Waals surface area contributed by atoms with Gasteiger partial charge in [0.25, 0.3) is 5.91 Å². The van der Waals surface area contributed by atoms with Crippen molar-refractivity contribution in [3.05, 3.63) is 18.1 Å². The van der Waals surface area contributed by atoms with Crippen LogP contribution in [0.5, 0.6) is 0 Å². The summed E-state index contributed by atoms with van der Waals surface area (Å²) in [5, 5.41) is 12.8. The summed E-state index contributed by atoms with van der Waals surface area (Å²) >= 11 is 0. The molecule has 0 radical (unpaired) electrons. The quantitative estimate of drug-likeness (QED) is 0.747. The Hall–Kier alpha value is -1.35. The van der Waals surface area contributed by atoms with Gasteiger partial charge in [-0.3, -0.25) is 14.7 Å². The Kier molecular flexibility index (Phi) is 5.98. The average molecular weight is 367 g/mol. The first kappa shape index (κ1) is 20.0. The number of carbonyl (C=O) groups is 1. The first-order valence-electron chi connectivity index (χ1n) is 8.66. The number of anilines is 1. The molecule has 1 aromatic rings. The van der Waals surface area contributed by atoms with Crippen molar-refractivity contribution in [2.24, 2.45) is 0 Å². The Morgan fingerprint density at radius 1 is 1.40 bits per heavy atom. The van der Waals surface area contributed by atoms with Crippen molar-refractivity contribution in [1.29, 1.82) is 0 Å². The van der Waals surface area contributed by atoms with Crippen molar-refractivity contribution in [2.45, 2.75) is 58.0 Å². The maximum Gasteiger partial charge on any atom is 0.255 e. The molecule has 0 saturated carbocycles. The van der Waals surface area contributed by atoms with Crippen LogP contribution in [0.15, 0.2) is 12.4 Å². The number of β-amino-alcohol motifs (C(OH)–C–C–N with tert-alkyl or cyclic N) is 1. The molecule has 140 valence electrons. The zero-order valence-electron chi connectivity index (χ0n) is 16.0. The van der Waals surface area contributed by atoms with Crippen LogP contribution < -0.4 is 5.32 Å². The number of aromatic nitrogens is 2. The minimum Gasteiger partial charge on any atom is -0.411 e. The number of aryl methyl sites for hydroxylation is 1. The summed E-state index contributed by atoms with van der Waals surface area (Å²) in [6.07, 6.45) is 2.14. The molecule has 2 N–H and O–H groups in total. The molecule has 1 saturated heterocycles. The zero-order valence-corrected chi connectivity index (χ0v) is 17.0. The Morgan fingerprint density at radius 3 is 2.56 bits per heavy atom. The number of aliphatic hydroxyl groups is 1.